The molecule has 1 aromatic carbocycles. The first-order chi connectivity index (χ1) is 9.20. The number of nitrogens with one attached hydrogen (secondary N) is 1. The van der Waals surface area contributed by atoms with Crippen LogP contribution in [0.25, 0.3) is 0 Å². The van der Waals surface area contributed by atoms with Gasteiger partial charge in [0.05, 0.1) is 6.61 Å². The summed E-state index contributed by atoms with van der Waals surface area (Å²) in [6.07, 6.45) is 0. The molecule has 0 saturated heterocycles. The van der Waals surface area contributed by atoms with E-state index in [2.05, 4.69) is 5.32 Å². The third kappa shape index (κ3) is 3.54. The summed E-state index contributed by atoms with van der Waals surface area (Å²) in [7, 11) is 0. The fourth-order valence-corrected chi connectivity index (χ4v) is 2.40. The van der Waals surface area contributed by atoms with Crippen LogP contribution < -0.4 is 5.32 Å². The maximum Gasteiger partial charge on any atom is 0.334 e. The monoisotopic (exact) mass is 279 g/mol. The molecule has 0 bridgehead atoms. The second-order valence-corrected chi connectivity index (χ2v) is 4.83. The van der Waals surface area contributed by atoms with Crippen LogP contribution >= 0.6 is 11.3 Å². The van der Waals surface area contributed by atoms with Gasteiger partial charge in [0.15, 0.2) is 6.04 Å². The van der Waals surface area contributed by atoms with Crippen molar-refractivity contribution in [1.82, 2.24) is 0 Å². The molecule has 1 atom stereocenters. The molecule has 5 heteroatoms. The number of ether oxygens (including phenoxy) is 1. The number of carbonyl (C=O) groups is 1. The molecule has 1 aromatic heterocycles. The van der Waals surface area contributed by atoms with Gasteiger partial charge < -0.3 is 10.1 Å². The SMILES string of the molecule is CCOC(=O)C(Nc1ccc(F)cc1)c1cccs1. The molecule has 2 rings (SSSR count). The number of hydrogen-bond acceptors (Lipinski definition) is 4. The summed E-state index contributed by atoms with van der Waals surface area (Å²) in [6, 6.07) is 9.05. The minimum atomic E-state index is -0.564. The molecule has 1 unspecified atom stereocenters. The second-order valence-electron chi connectivity index (χ2n) is 3.85. The van der Waals surface area contributed by atoms with Gasteiger partial charge in [0.25, 0.3) is 0 Å². The van der Waals surface area contributed by atoms with Crippen LogP contribution in [0.4, 0.5) is 10.1 Å². The quantitative estimate of drug-likeness (QED) is 0.850. The molecule has 0 fully saturated rings. The summed E-state index contributed by atoms with van der Waals surface area (Å²) in [4.78, 5) is 12.8. The van der Waals surface area contributed by atoms with Crippen molar-refractivity contribution in [2.24, 2.45) is 0 Å². The summed E-state index contributed by atoms with van der Waals surface area (Å²) in [5.74, 6) is -0.649. The molecule has 19 heavy (non-hydrogen) atoms. The van der Waals surface area contributed by atoms with E-state index in [9.17, 15) is 9.18 Å². The highest BCUT2D eigenvalue weighted by atomic mass is 32.1. The van der Waals surface area contributed by atoms with Crippen molar-refractivity contribution in [2.75, 3.05) is 11.9 Å². The van der Waals surface area contributed by atoms with Gasteiger partial charge in [0.2, 0.25) is 0 Å². The first-order valence-electron chi connectivity index (χ1n) is 5.93. The van der Waals surface area contributed by atoms with Crippen molar-refractivity contribution in [2.45, 2.75) is 13.0 Å². The van der Waals surface area contributed by atoms with Crippen molar-refractivity contribution >= 4 is 23.0 Å². The van der Waals surface area contributed by atoms with Crippen LogP contribution in [-0.4, -0.2) is 12.6 Å². The van der Waals surface area contributed by atoms with Crippen molar-refractivity contribution in [1.29, 1.82) is 0 Å². The Hall–Kier alpha value is -1.88. The lowest BCUT2D eigenvalue weighted by Gasteiger charge is -2.17. The first-order valence-corrected chi connectivity index (χ1v) is 6.81. The third-order valence-corrected chi connectivity index (χ3v) is 3.44. The molecule has 100 valence electrons. The predicted octanol–water partition coefficient (Wildman–Crippen LogP) is 3.60. The van der Waals surface area contributed by atoms with Gasteiger partial charge in [0.1, 0.15) is 5.82 Å². The molecular formula is C14H14FNO2S. The lowest BCUT2D eigenvalue weighted by Crippen LogP contribution is -2.22. The van der Waals surface area contributed by atoms with Crippen LogP contribution in [0.1, 0.15) is 17.8 Å². The van der Waals surface area contributed by atoms with E-state index in [-0.39, 0.29) is 11.8 Å². The van der Waals surface area contributed by atoms with Gasteiger partial charge >= 0.3 is 5.97 Å². The standard InChI is InChI=1S/C14H14FNO2S/c1-2-18-14(17)13(12-4-3-9-19-12)16-11-7-5-10(15)6-8-11/h3-9,13,16H,2H2,1H3. The third-order valence-electron chi connectivity index (χ3n) is 2.51. The Balaban J connectivity index is 2.18. The van der Waals surface area contributed by atoms with E-state index in [0.717, 1.165) is 4.88 Å². The summed E-state index contributed by atoms with van der Waals surface area (Å²) >= 11 is 1.47. The van der Waals surface area contributed by atoms with Gasteiger partial charge in [-0.3, -0.25) is 0 Å². The number of hydrogen-bond donors (Lipinski definition) is 1. The number of esters is 1. The number of halogens is 1. The van der Waals surface area contributed by atoms with Gasteiger partial charge in [-0.25, -0.2) is 9.18 Å². The summed E-state index contributed by atoms with van der Waals surface area (Å²) in [5, 5.41) is 4.96. The smallest absolute Gasteiger partial charge is 0.334 e. The number of thiophene rings is 1. The minimum absolute atomic E-state index is 0.311. The first kappa shape index (κ1) is 13.5. The van der Waals surface area contributed by atoms with Gasteiger partial charge in [-0.1, -0.05) is 6.07 Å². The zero-order valence-corrected chi connectivity index (χ0v) is 11.2. The lowest BCUT2D eigenvalue weighted by molar-refractivity contribution is -0.144. The van der Waals surface area contributed by atoms with E-state index in [1.807, 2.05) is 17.5 Å². The Kier molecular flexibility index (Phi) is 4.52. The Morgan fingerprint density at radius 1 is 1.37 bits per heavy atom. The summed E-state index contributed by atoms with van der Waals surface area (Å²) in [5.41, 5.74) is 0.674. The van der Waals surface area contributed by atoms with Crippen molar-refractivity contribution in [3.05, 3.63) is 52.5 Å². The average Bonchev–Trinajstić information content (AvgIpc) is 2.92. The molecule has 0 aliphatic carbocycles. The van der Waals surface area contributed by atoms with Crippen molar-refractivity contribution in [3.8, 4) is 0 Å². The molecule has 1 N–H and O–H groups in total. The highest BCUT2D eigenvalue weighted by molar-refractivity contribution is 7.10. The Morgan fingerprint density at radius 2 is 2.11 bits per heavy atom. The second kappa shape index (κ2) is 6.33. The fraction of sp³-hybridized carbons (Fsp3) is 0.214. The molecule has 0 saturated carbocycles. The summed E-state index contributed by atoms with van der Waals surface area (Å²) < 4.78 is 17.9. The molecule has 3 nitrogen and oxygen atoms in total. The predicted molar refractivity (Wildman–Crippen MR) is 73.7 cm³/mol. The van der Waals surface area contributed by atoms with E-state index in [1.165, 1.54) is 23.5 Å². The van der Waals surface area contributed by atoms with Gasteiger partial charge in [-0.15, -0.1) is 11.3 Å². The van der Waals surface area contributed by atoms with E-state index >= 15 is 0 Å². The van der Waals surface area contributed by atoms with Crippen LogP contribution in [0.5, 0.6) is 0 Å². The van der Waals surface area contributed by atoms with Crippen molar-refractivity contribution < 1.29 is 13.9 Å². The van der Waals surface area contributed by atoms with E-state index in [1.54, 1.807) is 19.1 Å². The molecule has 1 heterocycles. The highest BCUT2D eigenvalue weighted by Crippen LogP contribution is 2.25. The Labute approximate surface area is 115 Å². The normalized spacial score (nSPS) is 11.9. The van der Waals surface area contributed by atoms with E-state index < -0.39 is 6.04 Å². The topological polar surface area (TPSA) is 38.3 Å². The zero-order valence-electron chi connectivity index (χ0n) is 10.4. The number of carbonyl (C=O) groups excluding carboxylic acids is 1. The number of benzene rings is 1. The highest BCUT2D eigenvalue weighted by Gasteiger charge is 2.22. The van der Waals surface area contributed by atoms with E-state index in [4.69, 9.17) is 4.74 Å². The lowest BCUT2D eigenvalue weighted by atomic mass is 10.2. The average molecular weight is 279 g/mol. The Morgan fingerprint density at radius 3 is 2.68 bits per heavy atom. The molecular weight excluding hydrogens is 265 g/mol. The summed E-state index contributed by atoms with van der Waals surface area (Å²) in [6.45, 7) is 2.09. The van der Waals surface area contributed by atoms with Crippen LogP contribution in [-0.2, 0) is 9.53 Å². The van der Waals surface area contributed by atoms with Gasteiger partial charge in [-0.2, -0.15) is 0 Å². The maximum atomic E-state index is 12.9. The van der Waals surface area contributed by atoms with E-state index in [0.29, 0.717) is 12.3 Å². The molecule has 0 aliphatic heterocycles. The molecule has 0 radical (unpaired) electrons. The number of rotatable bonds is 5. The van der Waals surface area contributed by atoms with Crippen molar-refractivity contribution in [3.63, 3.8) is 0 Å². The molecule has 0 amide bonds. The van der Waals surface area contributed by atoms with Gasteiger partial charge in [0, 0.05) is 10.6 Å². The van der Waals surface area contributed by atoms with Crippen LogP contribution in [0.15, 0.2) is 41.8 Å². The molecule has 0 aliphatic rings. The maximum absolute atomic E-state index is 12.9. The van der Waals surface area contributed by atoms with Crippen LogP contribution in [0.3, 0.4) is 0 Å². The zero-order chi connectivity index (χ0) is 13.7. The minimum Gasteiger partial charge on any atom is -0.464 e. The number of anilines is 1. The largest absolute Gasteiger partial charge is 0.464 e. The van der Waals surface area contributed by atoms with Crippen LogP contribution in [0.2, 0.25) is 0 Å². The Bertz CT molecular complexity index is 525. The molecule has 0 spiro atoms. The van der Waals surface area contributed by atoms with Gasteiger partial charge in [-0.05, 0) is 42.6 Å². The van der Waals surface area contributed by atoms with Crippen LogP contribution in [0, 0.1) is 5.82 Å². The molecule has 2 aromatic rings. The fourth-order valence-electron chi connectivity index (χ4n) is 1.64.